The lowest BCUT2D eigenvalue weighted by molar-refractivity contribution is -0.164. The molecule has 1 aromatic carbocycles. The van der Waals surface area contributed by atoms with E-state index < -0.39 is 40.9 Å². The molecule has 128 valence electrons. The summed E-state index contributed by atoms with van der Waals surface area (Å²) in [6.07, 6.45) is -8.20. The molecule has 0 fully saturated rings. The normalized spacial score (nSPS) is 19.0. The van der Waals surface area contributed by atoms with Gasteiger partial charge in [0.05, 0.1) is 24.9 Å². The molecule has 2 nitrogen and oxygen atoms in total. The van der Waals surface area contributed by atoms with Gasteiger partial charge >= 0.3 is 12.4 Å². The second-order valence-electron chi connectivity index (χ2n) is 4.86. The molecule has 2 rings (SSSR count). The van der Waals surface area contributed by atoms with Gasteiger partial charge in [-0.15, -0.1) is 0 Å². The van der Waals surface area contributed by atoms with Crippen LogP contribution in [0.15, 0.2) is 24.3 Å². The fourth-order valence-corrected chi connectivity index (χ4v) is 2.47. The first kappa shape index (κ1) is 17.7. The summed E-state index contributed by atoms with van der Waals surface area (Å²) < 4.78 is 89.9. The molecular weight excluding hydrogens is 326 g/mol. The van der Waals surface area contributed by atoms with Crippen molar-refractivity contribution in [2.75, 3.05) is 13.2 Å². The monoisotopic (exact) mass is 340 g/mol. The Kier molecular flexibility index (Phi) is 4.93. The van der Waals surface area contributed by atoms with Gasteiger partial charge in [0.1, 0.15) is 11.3 Å². The summed E-state index contributed by atoms with van der Waals surface area (Å²) in [5.74, 6) is -0.831. The molecule has 1 aliphatic heterocycles. The number of rotatable bonds is 3. The molecule has 0 aromatic heterocycles. The molecule has 0 saturated heterocycles. The SMILES string of the molecule is CCOc1ccc(C2CC=CCO2)c(C(F)(F)F)c1C(F)(F)F. The van der Waals surface area contributed by atoms with Crippen LogP contribution in [0, 0.1) is 0 Å². The van der Waals surface area contributed by atoms with Gasteiger partial charge in [-0.05, 0) is 25.0 Å². The number of alkyl halides is 6. The van der Waals surface area contributed by atoms with Crippen LogP contribution in [0.3, 0.4) is 0 Å². The Morgan fingerprint density at radius 3 is 2.17 bits per heavy atom. The third-order valence-corrected chi connectivity index (χ3v) is 3.32. The maximum atomic E-state index is 13.4. The summed E-state index contributed by atoms with van der Waals surface area (Å²) in [7, 11) is 0. The minimum absolute atomic E-state index is 0.0521. The number of hydrogen-bond donors (Lipinski definition) is 0. The highest BCUT2D eigenvalue weighted by Crippen LogP contribution is 2.48. The van der Waals surface area contributed by atoms with Gasteiger partial charge in [-0.2, -0.15) is 26.3 Å². The molecular formula is C15H14F6O2. The van der Waals surface area contributed by atoms with Gasteiger partial charge in [0.2, 0.25) is 0 Å². The molecule has 0 radical (unpaired) electrons. The lowest BCUT2D eigenvalue weighted by atomic mass is 9.93. The molecule has 0 amide bonds. The average molecular weight is 340 g/mol. The standard InChI is InChI=1S/C15H14F6O2/c1-2-22-11-7-6-9(10-5-3-4-8-23-10)12(14(16,17)18)13(11)15(19,20)21/h3-4,6-7,10H,2,5,8H2,1H3. The van der Waals surface area contributed by atoms with E-state index in [0.717, 1.165) is 12.1 Å². The zero-order chi connectivity index (χ0) is 17.3. The molecule has 1 aliphatic rings. The fourth-order valence-electron chi connectivity index (χ4n) is 2.47. The third kappa shape index (κ3) is 3.80. The Morgan fingerprint density at radius 2 is 1.70 bits per heavy atom. The van der Waals surface area contributed by atoms with Gasteiger partial charge in [0.15, 0.2) is 0 Å². The average Bonchev–Trinajstić information content (AvgIpc) is 2.46. The lowest BCUT2D eigenvalue weighted by Gasteiger charge is -2.27. The van der Waals surface area contributed by atoms with Gasteiger partial charge in [0, 0.05) is 0 Å². The number of benzene rings is 1. The zero-order valence-electron chi connectivity index (χ0n) is 12.1. The molecule has 1 heterocycles. The first-order valence-electron chi connectivity index (χ1n) is 6.87. The maximum absolute atomic E-state index is 13.4. The Morgan fingerprint density at radius 1 is 1.04 bits per heavy atom. The highest BCUT2D eigenvalue weighted by Gasteiger charge is 2.48. The third-order valence-electron chi connectivity index (χ3n) is 3.32. The maximum Gasteiger partial charge on any atom is 0.420 e. The predicted octanol–water partition coefficient (Wildman–Crippen LogP) is 5.14. The topological polar surface area (TPSA) is 18.5 Å². The van der Waals surface area contributed by atoms with E-state index in [-0.39, 0.29) is 19.6 Å². The van der Waals surface area contributed by atoms with Crippen LogP contribution in [0.1, 0.15) is 36.1 Å². The minimum Gasteiger partial charge on any atom is -0.493 e. The Balaban J connectivity index is 2.70. The first-order valence-corrected chi connectivity index (χ1v) is 6.87. The fraction of sp³-hybridized carbons (Fsp3) is 0.467. The molecule has 0 saturated carbocycles. The van der Waals surface area contributed by atoms with Crippen LogP contribution in [0.25, 0.3) is 0 Å². The van der Waals surface area contributed by atoms with Crippen LogP contribution in [0.2, 0.25) is 0 Å². The van der Waals surface area contributed by atoms with Gasteiger partial charge in [-0.3, -0.25) is 0 Å². The van der Waals surface area contributed by atoms with Gasteiger partial charge < -0.3 is 9.47 Å². The second kappa shape index (κ2) is 6.43. The summed E-state index contributed by atoms with van der Waals surface area (Å²) in [5.41, 5.74) is -4.07. The summed E-state index contributed by atoms with van der Waals surface area (Å²) >= 11 is 0. The van der Waals surface area contributed by atoms with Crippen LogP contribution < -0.4 is 4.74 Å². The summed E-state index contributed by atoms with van der Waals surface area (Å²) in [6.45, 7) is 1.27. The Hall–Kier alpha value is -1.70. The van der Waals surface area contributed by atoms with Crippen LogP contribution in [-0.2, 0) is 17.1 Å². The van der Waals surface area contributed by atoms with Crippen molar-refractivity contribution in [2.24, 2.45) is 0 Å². The molecule has 1 atom stereocenters. The Labute approximate surface area is 128 Å². The summed E-state index contributed by atoms with van der Waals surface area (Å²) in [5, 5.41) is 0. The quantitative estimate of drug-likeness (QED) is 0.560. The van der Waals surface area contributed by atoms with E-state index in [9.17, 15) is 26.3 Å². The van der Waals surface area contributed by atoms with Gasteiger partial charge in [0.25, 0.3) is 0 Å². The molecule has 0 N–H and O–H groups in total. The van der Waals surface area contributed by atoms with E-state index in [4.69, 9.17) is 9.47 Å². The second-order valence-corrected chi connectivity index (χ2v) is 4.86. The van der Waals surface area contributed by atoms with Crippen molar-refractivity contribution >= 4 is 0 Å². The number of hydrogen-bond acceptors (Lipinski definition) is 2. The first-order chi connectivity index (χ1) is 10.7. The molecule has 0 spiro atoms. The van der Waals surface area contributed by atoms with Crippen molar-refractivity contribution < 1.29 is 35.8 Å². The van der Waals surface area contributed by atoms with Crippen LogP contribution in [-0.4, -0.2) is 13.2 Å². The van der Waals surface area contributed by atoms with E-state index in [1.807, 2.05) is 0 Å². The molecule has 0 bridgehead atoms. The molecule has 0 aliphatic carbocycles. The highest BCUT2D eigenvalue weighted by molar-refractivity contribution is 5.49. The lowest BCUT2D eigenvalue weighted by Crippen LogP contribution is -2.23. The van der Waals surface area contributed by atoms with Crippen molar-refractivity contribution in [3.63, 3.8) is 0 Å². The van der Waals surface area contributed by atoms with Crippen molar-refractivity contribution in [3.8, 4) is 5.75 Å². The molecule has 1 aromatic rings. The predicted molar refractivity (Wildman–Crippen MR) is 70.1 cm³/mol. The van der Waals surface area contributed by atoms with Crippen molar-refractivity contribution in [3.05, 3.63) is 41.0 Å². The van der Waals surface area contributed by atoms with E-state index in [0.29, 0.717) is 0 Å². The van der Waals surface area contributed by atoms with Gasteiger partial charge in [-0.25, -0.2) is 0 Å². The molecule has 23 heavy (non-hydrogen) atoms. The van der Waals surface area contributed by atoms with Gasteiger partial charge in [-0.1, -0.05) is 18.2 Å². The van der Waals surface area contributed by atoms with Crippen molar-refractivity contribution in [2.45, 2.75) is 31.8 Å². The van der Waals surface area contributed by atoms with Crippen molar-refractivity contribution in [1.29, 1.82) is 0 Å². The molecule has 8 heteroatoms. The summed E-state index contributed by atoms with van der Waals surface area (Å²) in [6, 6.07) is 1.91. The van der Waals surface area contributed by atoms with E-state index in [1.165, 1.54) is 6.92 Å². The van der Waals surface area contributed by atoms with E-state index in [2.05, 4.69) is 0 Å². The van der Waals surface area contributed by atoms with Crippen LogP contribution in [0.4, 0.5) is 26.3 Å². The smallest absolute Gasteiger partial charge is 0.420 e. The zero-order valence-corrected chi connectivity index (χ0v) is 12.1. The molecule has 1 unspecified atom stereocenters. The summed E-state index contributed by atoms with van der Waals surface area (Å²) in [4.78, 5) is 0. The van der Waals surface area contributed by atoms with Crippen LogP contribution >= 0.6 is 0 Å². The van der Waals surface area contributed by atoms with E-state index in [1.54, 1.807) is 12.2 Å². The largest absolute Gasteiger partial charge is 0.493 e. The number of ether oxygens (including phenoxy) is 2. The van der Waals surface area contributed by atoms with Crippen LogP contribution in [0.5, 0.6) is 5.75 Å². The van der Waals surface area contributed by atoms with Crippen molar-refractivity contribution in [1.82, 2.24) is 0 Å². The minimum atomic E-state index is -5.20. The highest BCUT2D eigenvalue weighted by atomic mass is 19.4. The van der Waals surface area contributed by atoms with E-state index >= 15 is 0 Å². The Bertz CT molecular complexity index is 589. The number of halogens is 6.